The molecule has 1 aliphatic heterocycles. The van der Waals surface area contributed by atoms with Gasteiger partial charge in [0.1, 0.15) is 14.0 Å². The Balaban J connectivity index is 1.99. The van der Waals surface area contributed by atoms with Gasteiger partial charge in [-0.05, 0) is 18.6 Å². The molecule has 0 spiro atoms. The number of ether oxygens (including phenoxy) is 2. The molecule has 0 amide bonds. The molecule has 2 radical (unpaired) electrons. The number of benzene rings is 1. The molecular formula is C13H15BO3. The van der Waals surface area contributed by atoms with E-state index in [2.05, 4.69) is 0 Å². The van der Waals surface area contributed by atoms with Crippen molar-refractivity contribution in [3.8, 4) is 0 Å². The Morgan fingerprint density at radius 1 is 1.47 bits per heavy atom. The Morgan fingerprint density at radius 3 is 2.82 bits per heavy atom. The van der Waals surface area contributed by atoms with E-state index in [4.69, 9.17) is 17.3 Å². The average Bonchev–Trinajstić information content (AvgIpc) is 2.70. The Kier molecular flexibility index (Phi) is 3.84. The largest absolute Gasteiger partial charge is 0.456 e. The summed E-state index contributed by atoms with van der Waals surface area (Å²) in [5.74, 6) is -0.313. The van der Waals surface area contributed by atoms with Crippen LogP contribution in [0.25, 0.3) is 0 Å². The van der Waals surface area contributed by atoms with E-state index < -0.39 is 0 Å². The van der Waals surface area contributed by atoms with E-state index in [1.165, 1.54) is 0 Å². The lowest BCUT2D eigenvalue weighted by Gasteiger charge is -2.17. The molecule has 1 aromatic carbocycles. The van der Waals surface area contributed by atoms with Gasteiger partial charge in [0.15, 0.2) is 0 Å². The first-order valence-corrected chi connectivity index (χ1v) is 5.87. The van der Waals surface area contributed by atoms with Crippen LogP contribution in [0.5, 0.6) is 0 Å². The molecule has 1 aromatic rings. The Morgan fingerprint density at radius 2 is 2.18 bits per heavy atom. The fraction of sp³-hybridized carbons (Fsp3) is 0.462. The Hall–Kier alpha value is -1.29. The fourth-order valence-electron chi connectivity index (χ4n) is 2.01. The summed E-state index contributed by atoms with van der Waals surface area (Å²) >= 11 is 0. The molecule has 1 heterocycles. The zero-order valence-corrected chi connectivity index (χ0v) is 9.84. The van der Waals surface area contributed by atoms with Gasteiger partial charge in [-0.2, -0.15) is 0 Å². The zero-order valence-electron chi connectivity index (χ0n) is 9.84. The molecule has 0 bridgehead atoms. The summed E-state index contributed by atoms with van der Waals surface area (Å²) < 4.78 is 10.9. The topological polar surface area (TPSA) is 35.5 Å². The van der Waals surface area contributed by atoms with Crippen LogP contribution >= 0.6 is 0 Å². The molecule has 0 aliphatic carbocycles. The lowest BCUT2D eigenvalue weighted by atomic mass is 9.96. The molecule has 88 valence electrons. The quantitative estimate of drug-likeness (QED) is 0.587. The van der Waals surface area contributed by atoms with Crippen LogP contribution < -0.4 is 0 Å². The molecule has 1 unspecified atom stereocenters. The van der Waals surface area contributed by atoms with Gasteiger partial charge in [-0.15, -0.1) is 0 Å². The maximum atomic E-state index is 11.9. The van der Waals surface area contributed by atoms with Gasteiger partial charge in [-0.1, -0.05) is 25.1 Å². The molecule has 1 saturated heterocycles. The lowest BCUT2D eigenvalue weighted by molar-refractivity contribution is -0.00353. The second kappa shape index (κ2) is 5.36. The Labute approximate surface area is 103 Å². The van der Waals surface area contributed by atoms with E-state index in [-0.39, 0.29) is 24.2 Å². The predicted molar refractivity (Wildman–Crippen MR) is 65.0 cm³/mol. The molecule has 17 heavy (non-hydrogen) atoms. The minimum atomic E-state index is -0.325. The van der Waals surface area contributed by atoms with Crippen LogP contribution in [0.4, 0.5) is 0 Å². The van der Waals surface area contributed by atoms with Crippen molar-refractivity contribution in [2.75, 3.05) is 0 Å². The zero-order chi connectivity index (χ0) is 12.3. The number of hydrogen-bond donors (Lipinski definition) is 0. The van der Waals surface area contributed by atoms with Crippen LogP contribution in [0.1, 0.15) is 30.1 Å². The molecule has 3 atom stereocenters. The number of esters is 1. The van der Waals surface area contributed by atoms with Crippen molar-refractivity contribution in [3.63, 3.8) is 0 Å². The molecule has 3 nitrogen and oxygen atoms in total. The summed E-state index contributed by atoms with van der Waals surface area (Å²) in [6, 6.07) is 8.63. The third-order valence-electron chi connectivity index (χ3n) is 2.90. The third kappa shape index (κ3) is 2.89. The van der Waals surface area contributed by atoms with E-state index in [1.807, 2.05) is 25.1 Å². The third-order valence-corrected chi connectivity index (χ3v) is 2.90. The van der Waals surface area contributed by atoms with Crippen molar-refractivity contribution in [2.24, 2.45) is 0 Å². The van der Waals surface area contributed by atoms with Gasteiger partial charge >= 0.3 is 5.97 Å². The summed E-state index contributed by atoms with van der Waals surface area (Å²) in [5.41, 5.74) is 0.558. The minimum Gasteiger partial charge on any atom is -0.456 e. The molecule has 4 heteroatoms. The van der Waals surface area contributed by atoms with Gasteiger partial charge in [0.2, 0.25) is 0 Å². The van der Waals surface area contributed by atoms with Gasteiger partial charge in [0, 0.05) is 12.4 Å². The van der Waals surface area contributed by atoms with Crippen molar-refractivity contribution in [1.29, 1.82) is 0 Å². The van der Waals surface area contributed by atoms with Crippen LogP contribution in [0, 0.1) is 0 Å². The monoisotopic (exact) mass is 230 g/mol. The molecule has 2 rings (SSSR count). The molecule has 0 aromatic heterocycles. The van der Waals surface area contributed by atoms with Crippen LogP contribution in [-0.4, -0.2) is 32.0 Å². The number of hydrogen-bond acceptors (Lipinski definition) is 3. The number of carbonyl (C=O) groups is 1. The summed E-state index contributed by atoms with van der Waals surface area (Å²) in [6.07, 6.45) is 1.04. The number of carbonyl (C=O) groups excluding carboxylic acids is 1. The summed E-state index contributed by atoms with van der Waals surface area (Å²) in [6.45, 7) is 1.99. The highest BCUT2D eigenvalue weighted by molar-refractivity contribution is 6.11. The van der Waals surface area contributed by atoms with Crippen LogP contribution in [0.2, 0.25) is 0 Å². The van der Waals surface area contributed by atoms with E-state index in [9.17, 15) is 4.79 Å². The second-order valence-electron chi connectivity index (χ2n) is 4.17. The fourth-order valence-corrected chi connectivity index (χ4v) is 2.01. The maximum absolute atomic E-state index is 11.9. The van der Waals surface area contributed by atoms with E-state index in [0.29, 0.717) is 12.0 Å². The smallest absolute Gasteiger partial charge is 0.338 e. The summed E-state index contributed by atoms with van der Waals surface area (Å²) in [5, 5.41) is 0. The highest BCUT2D eigenvalue weighted by Gasteiger charge is 2.34. The molecule has 1 fully saturated rings. The normalized spacial score (nSPS) is 27.9. The summed E-state index contributed by atoms with van der Waals surface area (Å²) in [4.78, 5) is 11.9. The maximum Gasteiger partial charge on any atom is 0.338 e. The van der Waals surface area contributed by atoms with Gasteiger partial charge in [-0.25, -0.2) is 4.79 Å². The van der Waals surface area contributed by atoms with Crippen molar-refractivity contribution in [3.05, 3.63) is 35.9 Å². The minimum absolute atomic E-state index is 0.0855. The predicted octanol–water partition coefficient (Wildman–Crippen LogP) is 1.91. The van der Waals surface area contributed by atoms with Gasteiger partial charge < -0.3 is 9.47 Å². The average molecular weight is 230 g/mol. The van der Waals surface area contributed by atoms with Crippen LogP contribution in [-0.2, 0) is 9.47 Å². The van der Waals surface area contributed by atoms with Crippen molar-refractivity contribution >= 4 is 13.8 Å². The van der Waals surface area contributed by atoms with Gasteiger partial charge in [0.05, 0.1) is 11.7 Å². The van der Waals surface area contributed by atoms with Gasteiger partial charge in [-0.3, -0.25) is 0 Å². The highest BCUT2D eigenvalue weighted by atomic mass is 16.6. The summed E-state index contributed by atoms with van der Waals surface area (Å²) in [7, 11) is 5.69. The van der Waals surface area contributed by atoms with Crippen molar-refractivity contribution in [1.82, 2.24) is 0 Å². The Bertz CT molecular complexity index is 380. The van der Waals surface area contributed by atoms with Crippen molar-refractivity contribution in [2.45, 2.75) is 38.0 Å². The second-order valence-corrected chi connectivity index (χ2v) is 4.17. The SMILES string of the molecule is [B][C@H]1CC(OC(=O)c2ccccc2)[C@@H](CC)O1. The van der Waals surface area contributed by atoms with Crippen LogP contribution in [0.3, 0.4) is 0 Å². The highest BCUT2D eigenvalue weighted by Crippen LogP contribution is 2.24. The number of rotatable bonds is 3. The lowest BCUT2D eigenvalue weighted by Crippen LogP contribution is -2.26. The van der Waals surface area contributed by atoms with E-state index >= 15 is 0 Å². The first-order chi connectivity index (χ1) is 8.20. The first-order valence-electron chi connectivity index (χ1n) is 5.87. The standard InChI is InChI=1S/C13H15BO3/c1-2-10-11(8-12(14)16-10)17-13(15)9-6-4-3-5-7-9/h3-7,10-12H,2,8H2,1H3/t10-,11?,12-/m1/s1. The van der Waals surface area contributed by atoms with E-state index in [0.717, 1.165) is 6.42 Å². The first kappa shape index (κ1) is 12.2. The molecule has 0 saturated carbocycles. The molecular weight excluding hydrogens is 215 g/mol. The molecule has 1 aliphatic rings. The van der Waals surface area contributed by atoms with Crippen molar-refractivity contribution < 1.29 is 14.3 Å². The van der Waals surface area contributed by atoms with E-state index in [1.54, 1.807) is 12.1 Å². The van der Waals surface area contributed by atoms with Crippen LogP contribution in [0.15, 0.2) is 30.3 Å². The van der Waals surface area contributed by atoms with Gasteiger partial charge in [0.25, 0.3) is 0 Å². The molecule has 0 N–H and O–H groups in total.